The molecule has 0 radical (unpaired) electrons. The van der Waals surface area contributed by atoms with Crippen LogP contribution in [-0.4, -0.2) is 42.8 Å². The van der Waals surface area contributed by atoms with E-state index in [1.807, 2.05) is 16.8 Å². The Hall–Kier alpha value is -3.23. The van der Waals surface area contributed by atoms with E-state index < -0.39 is 18.0 Å². The smallest absolute Gasteiger partial charge is 0.406 e. The largest absolute Gasteiger partial charge is 0.573 e. The van der Waals surface area contributed by atoms with Gasteiger partial charge in [0, 0.05) is 30.9 Å². The maximum Gasteiger partial charge on any atom is 0.573 e. The minimum Gasteiger partial charge on any atom is -0.406 e. The molecule has 1 N–H and O–H groups in total. The molecule has 164 valence electrons. The lowest BCUT2D eigenvalue weighted by Gasteiger charge is -2.43. The second kappa shape index (κ2) is 8.13. The number of halogens is 3. The van der Waals surface area contributed by atoms with Gasteiger partial charge in [-0.25, -0.2) is 0 Å². The lowest BCUT2D eigenvalue weighted by Crippen LogP contribution is -2.53. The fraction of sp³-hybridized carbons (Fsp3) is 0.364. The van der Waals surface area contributed by atoms with Crippen LogP contribution in [0.1, 0.15) is 46.4 Å². The Balaban J connectivity index is 1.56. The number of anilines is 2. The summed E-state index contributed by atoms with van der Waals surface area (Å²) in [6.45, 7) is 0.714. The zero-order valence-electron chi connectivity index (χ0n) is 16.9. The summed E-state index contributed by atoms with van der Waals surface area (Å²) in [6.07, 6.45) is -0.908. The molecule has 0 saturated carbocycles. The minimum absolute atomic E-state index is 0.0380. The van der Waals surface area contributed by atoms with Gasteiger partial charge in [-0.15, -0.1) is 13.2 Å². The van der Waals surface area contributed by atoms with E-state index in [0.29, 0.717) is 23.4 Å². The van der Waals surface area contributed by atoms with E-state index in [1.165, 1.54) is 12.1 Å². The van der Waals surface area contributed by atoms with Crippen molar-refractivity contribution in [3.63, 3.8) is 0 Å². The molecule has 2 amide bonds. The molecular formula is C22H22F3N3O3. The molecule has 9 heteroatoms. The van der Waals surface area contributed by atoms with Crippen molar-refractivity contribution in [2.45, 2.75) is 38.2 Å². The number of nitrogens with zero attached hydrogens (tertiary/aromatic N) is 2. The molecule has 1 fully saturated rings. The number of alkyl halides is 3. The van der Waals surface area contributed by atoms with Crippen LogP contribution in [-0.2, 0) is 0 Å². The van der Waals surface area contributed by atoms with Gasteiger partial charge >= 0.3 is 6.36 Å². The molecule has 6 nitrogen and oxygen atoms in total. The highest BCUT2D eigenvalue weighted by Gasteiger charge is 2.36. The summed E-state index contributed by atoms with van der Waals surface area (Å²) in [6, 6.07) is 9.92. The van der Waals surface area contributed by atoms with Crippen LogP contribution >= 0.6 is 0 Å². The topological polar surface area (TPSA) is 61.9 Å². The van der Waals surface area contributed by atoms with E-state index in [2.05, 4.69) is 10.1 Å². The Kier molecular flexibility index (Phi) is 5.51. The highest BCUT2D eigenvalue weighted by atomic mass is 19.4. The summed E-state index contributed by atoms with van der Waals surface area (Å²) < 4.78 is 41.2. The molecule has 0 unspecified atom stereocenters. The molecule has 2 aliphatic rings. The van der Waals surface area contributed by atoms with Gasteiger partial charge in [0.25, 0.3) is 11.8 Å². The second-order valence-corrected chi connectivity index (χ2v) is 7.70. The summed E-state index contributed by atoms with van der Waals surface area (Å²) in [4.78, 5) is 29.6. The van der Waals surface area contributed by atoms with E-state index in [-0.39, 0.29) is 17.8 Å². The normalized spacial score (nSPS) is 18.7. The van der Waals surface area contributed by atoms with Crippen molar-refractivity contribution >= 4 is 23.2 Å². The van der Waals surface area contributed by atoms with E-state index >= 15 is 0 Å². The Bertz CT molecular complexity index is 1010. The van der Waals surface area contributed by atoms with Crippen molar-refractivity contribution in [2.24, 2.45) is 0 Å². The first-order chi connectivity index (χ1) is 14.7. The first kappa shape index (κ1) is 21.0. The minimum atomic E-state index is -4.82. The number of rotatable bonds is 3. The van der Waals surface area contributed by atoms with Gasteiger partial charge in [0.1, 0.15) is 11.9 Å². The van der Waals surface area contributed by atoms with Gasteiger partial charge in [-0.2, -0.15) is 0 Å². The molecule has 0 bridgehead atoms. The average molecular weight is 433 g/mol. The molecule has 2 aromatic rings. The Labute approximate surface area is 177 Å². The molecule has 31 heavy (non-hydrogen) atoms. The number of fused-ring (bicyclic) bond motifs is 2. The molecule has 0 spiro atoms. The van der Waals surface area contributed by atoms with Crippen molar-refractivity contribution in [1.29, 1.82) is 0 Å². The SMILES string of the molecule is CN1c2cc(C(=O)Nc3cccc(OC(F)(F)F)c3)ccc2C(=O)N2CCCCC[C@H]21. The third kappa shape index (κ3) is 4.45. The average Bonchev–Trinajstić information content (AvgIpc) is 2.97. The van der Waals surface area contributed by atoms with Crippen molar-refractivity contribution < 1.29 is 27.5 Å². The van der Waals surface area contributed by atoms with Gasteiger partial charge in [0.05, 0.1) is 11.3 Å². The lowest BCUT2D eigenvalue weighted by molar-refractivity contribution is -0.274. The molecule has 0 aliphatic carbocycles. The fourth-order valence-electron chi connectivity index (χ4n) is 4.17. The maximum absolute atomic E-state index is 13.0. The molecule has 1 saturated heterocycles. The number of ether oxygens (including phenoxy) is 1. The molecular weight excluding hydrogens is 411 g/mol. The summed E-state index contributed by atoms with van der Waals surface area (Å²) in [5.74, 6) is -0.949. The standard InChI is InChI=1S/C22H22F3N3O3/c1-27-18-12-14(9-10-17(18)21(30)28-11-4-2-3-8-19(27)28)20(29)26-15-6-5-7-16(13-15)31-22(23,24)25/h5-7,9-10,12-13,19H,2-4,8,11H2,1H3,(H,26,29)/t19-/m0/s1. The van der Waals surface area contributed by atoms with Gasteiger partial charge in [0.15, 0.2) is 0 Å². The lowest BCUT2D eigenvalue weighted by atomic mass is 10.0. The van der Waals surface area contributed by atoms with Crippen LogP contribution in [0.5, 0.6) is 5.75 Å². The highest BCUT2D eigenvalue weighted by Crippen LogP contribution is 2.34. The first-order valence-electron chi connectivity index (χ1n) is 10.1. The predicted molar refractivity (Wildman–Crippen MR) is 109 cm³/mol. The maximum atomic E-state index is 13.0. The molecule has 1 atom stereocenters. The third-order valence-corrected chi connectivity index (χ3v) is 5.62. The summed E-state index contributed by atoms with van der Waals surface area (Å²) in [5.41, 5.74) is 1.69. The quantitative estimate of drug-likeness (QED) is 0.767. The molecule has 4 rings (SSSR count). The van der Waals surface area contributed by atoms with Crippen LogP contribution in [0.25, 0.3) is 0 Å². The summed E-state index contributed by atoms with van der Waals surface area (Å²) in [7, 11) is 1.91. The van der Waals surface area contributed by atoms with E-state index in [1.54, 1.807) is 18.2 Å². The van der Waals surface area contributed by atoms with Crippen molar-refractivity contribution in [1.82, 2.24) is 4.90 Å². The molecule has 0 aromatic heterocycles. The van der Waals surface area contributed by atoms with Crippen molar-refractivity contribution in [2.75, 3.05) is 23.8 Å². The monoisotopic (exact) mass is 433 g/mol. The van der Waals surface area contributed by atoms with E-state index in [0.717, 1.165) is 37.8 Å². The number of nitrogens with one attached hydrogen (secondary N) is 1. The van der Waals surface area contributed by atoms with Crippen LogP contribution in [0.4, 0.5) is 24.5 Å². The van der Waals surface area contributed by atoms with E-state index in [9.17, 15) is 22.8 Å². The van der Waals surface area contributed by atoms with Gasteiger partial charge in [-0.1, -0.05) is 12.5 Å². The zero-order valence-corrected chi connectivity index (χ0v) is 16.9. The third-order valence-electron chi connectivity index (χ3n) is 5.62. The molecule has 2 aliphatic heterocycles. The van der Waals surface area contributed by atoms with Crippen molar-refractivity contribution in [3.05, 3.63) is 53.6 Å². The number of hydrogen-bond acceptors (Lipinski definition) is 4. The Morgan fingerprint density at radius 3 is 2.71 bits per heavy atom. The Morgan fingerprint density at radius 1 is 1.13 bits per heavy atom. The first-order valence-corrected chi connectivity index (χ1v) is 10.1. The van der Waals surface area contributed by atoms with Crippen LogP contribution in [0, 0.1) is 0 Å². The number of amides is 2. The fourth-order valence-corrected chi connectivity index (χ4v) is 4.17. The van der Waals surface area contributed by atoms with Gasteiger partial charge in [0.2, 0.25) is 0 Å². The number of carbonyl (C=O) groups is 2. The van der Waals surface area contributed by atoms with Crippen LogP contribution in [0.15, 0.2) is 42.5 Å². The van der Waals surface area contributed by atoms with Gasteiger partial charge in [-0.3, -0.25) is 9.59 Å². The van der Waals surface area contributed by atoms with Crippen LogP contribution in [0.2, 0.25) is 0 Å². The number of carbonyl (C=O) groups excluding carboxylic acids is 2. The van der Waals surface area contributed by atoms with Gasteiger partial charge in [-0.05, 0) is 49.6 Å². The summed E-state index contributed by atoms with van der Waals surface area (Å²) >= 11 is 0. The van der Waals surface area contributed by atoms with E-state index in [4.69, 9.17) is 0 Å². The Morgan fingerprint density at radius 2 is 1.94 bits per heavy atom. The molecule has 2 heterocycles. The van der Waals surface area contributed by atoms with Crippen molar-refractivity contribution in [3.8, 4) is 5.75 Å². The molecule has 2 aromatic carbocycles. The predicted octanol–water partition coefficient (Wildman–Crippen LogP) is 4.63. The highest BCUT2D eigenvalue weighted by molar-refractivity contribution is 6.08. The second-order valence-electron chi connectivity index (χ2n) is 7.70. The number of benzene rings is 2. The number of hydrogen-bond donors (Lipinski definition) is 1. The van der Waals surface area contributed by atoms with Crippen LogP contribution < -0.4 is 15.0 Å². The van der Waals surface area contributed by atoms with Crippen LogP contribution in [0.3, 0.4) is 0 Å². The summed E-state index contributed by atoms with van der Waals surface area (Å²) in [5, 5.41) is 2.58. The van der Waals surface area contributed by atoms with Gasteiger partial charge < -0.3 is 19.9 Å². The zero-order chi connectivity index (χ0) is 22.2.